The molecule has 0 saturated heterocycles. The number of hydrogen-bond acceptors (Lipinski definition) is 3. The first kappa shape index (κ1) is 14.3. The molecular weight excluding hydrogens is 250 g/mol. The number of nitrogens with two attached hydrogens (primary N) is 1. The smallest absolute Gasteiger partial charge is 0.223 e. The first-order valence-electron chi connectivity index (χ1n) is 8.38. The van der Waals surface area contributed by atoms with E-state index < -0.39 is 0 Å². The highest BCUT2D eigenvalue weighted by atomic mass is 16.1. The van der Waals surface area contributed by atoms with E-state index >= 15 is 0 Å². The summed E-state index contributed by atoms with van der Waals surface area (Å²) in [6.07, 6.45) is 8.45. The van der Waals surface area contributed by atoms with Gasteiger partial charge in [-0.05, 0) is 57.4 Å². The zero-order valence-corrected chi connectivity index (χ0v) is 12.7. The van der Waals surface area contributed by atoms with E-state index in [1.54, 1.807) is 0 Å². The number of carbonyl (C=O) groups excluding carboxylic acids is 1. The van der Waals surface area contributed by atoms with Crippen molar-refractivity contribution < 1.29 is 4.79 Å². The number of amides is 1. The highest BCUT2D eigenvalue weighted by Gasteiger charge is 2.40. The van der Waals surface area contributed by atoms with Crippen molar-refractivity contribution in [3.63, 3.8) is 0 Å². The van der Waals surface area contributed by atoms with Crippen LogP contribution >= 0.6 is 0 Å². The Morgan fingerprint density at radius 1 is 1.20 bits per heavy atom. The van der Waals surface area contributed by atoms with Crippen LogP contribution in [-0.2, 0) is 4.79 Å². The van der Waals surface area contributed by atoms with Crippen molar-refractivity contribution in [1.82, 2.24) is 10.2 Å². The Morgan fingerprint density at radius 2 is 1.85 bits per heavy atom. The summed E-state index contributed by atoms with van der Waals surface area (Å²) in [5, 5.41) is 3.15. The molecule has 3 rings (SSSR count). The van der Waals surface area contributed by atoms with Crippen LogP contribution in [0.4, 0.5) is 0 Å². The minimum Gasteiger partial charge on any atom is -0.355 e. The van der Waals surface area contributed by atoms with Crippen molar-refractivity contribution in [1.29, 1.82) is 0 Å². The van der Waals surface area contributed by atoms with Gasteiger partial charge >= 0.3 is 0 Å². The average Bonchev–Trinajstić information content (AvgIpc) is 3.22. The lowest BCUT2D eigenvalue weighted by Crippen LogP contribution is -2.49. The molecular formula is C16H29N3O. The van der Waals surface area contributed by atoms with Gasteiger partial charge in [-0.2, -0.15) is 0 Å². The molecule has 3 saturated carbocycles. The normalized spacial score (nSPS) is 37.0. The van der Waals surface area contributed by atoms with E-state index in [1.165, 1.54) is 32.1 Å². The molecule has 3 N–H and O–H groups in total. The van der Waals surface area contributed by atoms with Crippen LogP contribution in [0.1, 0.15) is 44.9 Å². The second kappa shape index (κ2) is 6.02. The third kappa shape index (κ3) is 3.17. The zero-order chi connectivity index (χ0) is 14.1. The summed E-state index contributed by atoms with van der Waals surface area (Å²) >= 11 is 0. The Labute approximate surface area is 122 Å². The zero-order valence-electron chi connectivity index (χ0n) is 12.7. The van der Waals surface area contributed by atoms with Gasteiger partial charge in [-0.3, -0.25) is 4.79 Å². The lowest BCUT2D eigenvalue weighted by molar-refractivity contribution is -0.127. The molecule has 0 spiro atoms. The average molecular weight is 279 g/mol. The summed E-state index contributed by atoms with van der Waals surface area (Å²) < 4.78 is 0. The van der Waals surface area contributed by atoms with Crippen LogP contribution in [0.2, 0.25) is 0 Å². The predicted octanol–water partition coefficient (Wildman–Crippen LogP) is 1.35. The second-order valence-electron chi connectivity index (χ2n) is 7.20. The summed E-state index contributed by atoms with van der Waals surface area (Å²) in [5.41, 5.74) is 6.29. The van der Waals surface area contributed by atoms with E-state index in [2.05, 4.69) is 17.3 Å². The van der Waals surface area contributed by atoms with Gasteiger partial charge in [0.2, 0.25) is 5.91 Å². The van der Waals surface area contributed by atoms with Gasteiger partial charge in [-0.25, -0.2) is 0 Å². The van der Waals surface area contributed by atoms with Gasteiger partial charge in [0, 0.05) is 31.1 Å². The van der Waals surface area contributed by atoms with Crippen molar-refractivity contribution in [3.05, 3.63) is 0 Å². The Morgan fingerprint density at radius 3 is 2.45 bits per heavy atom. The van der Waals surface area contributed by atoms with Gasteiger partial charge in [-0.15, -0.1) is 0 Å². The minimum absolute atomic E-state index is 0.219. The van der Waals surface area contributed by atoms with Crippen LogP contribution in [0.3, 0.4) is 0 Å². The molecule has 114 valence electrons. The molecule has 2 bridgehead atoms. The van der Waals surface area contributed by atoms with Crippen molar-refractivity contribution in [2.75, 3.05) is 20.1 Å². The molecule has 3 fully saturated rings. The van der Waals surface area contributed by atoms with Crippen LogP contribution in [-0.4, -0.2) is 43.0 Å². The first-order chi connectivity index (χ1) is 9.65. The molecule has 4 nitrogen and oxygen atoms in total. The van der Waals surface area contributed by atoms with Crippen LogP contribution in [0, 0.1) is 17.8 Å². The second-order valence-corrected chi connectivity index (χ2v) is 7.20. The van der Waals surface area contributed by atoms with Gasteiger partial charge in [0.05, 0.1) is 0 Å². The summed E-state index contributed by atoms with van der Waals surface area (Å²) in [5.74, 6) is 1.68. The summed E-state index contributed by atoms with van der Waals surface area (Å²) in [7, 11) is 2.16. The highest BCUT2D eigenvalue weighted by molar-refractivity contribution is 5.78. The summed E-state index contributed by atoms with van der Waals surface area (Å²) in [6, 6.07) is 1.13. The van der Waals surface area contributed by atoms with Crippen molar-refractivity contribution in [2.45, 2.75) is 57.0 Å². The highest BCUT2D eigenvalue weighted by Crippen LogP contribution is 2.41. The van der Waals surface area contributed by atoms with Crippen LogP contribution < -0.4 is 11.1 Å². The van der Waals surface area contributed by atoms with E-state index in [0.29, 0.717) is 17.9 Å². The van der Waals surface area contributed by atoms with Crippen LogP contribution in [0.25, 0.3) is 0 Å². The standard InChI is InChI=1S/C16H29N3O/c1-19(14-5-6-14)8-7-18-16(20)13-9-11-3-2-4-12(10-13)15(11)17/h11-15H,2-10,17H2,1H3,(H,18,20). The molecule has 3 aliphatic rings. The van der Waals surface area contributed by atoms with Gasteiger partial charge in [0.25, 0.3) is 0 Å². The van der Waals surface area contributed by atoms with E-state index in [9.17, 15) is 4.79 Å². The maximum absolute atomic E-state index is 12.3. The molecule has 2 unspecified atom stereocenters. The van der Waals surface area contributed by atoms with E-state index in [4.69, 9.17) is 5.73 Å². The topological polar surface area (TPSA) is 58.4 Å². The van der Waals surface area contributed by atoms with Crippen LogP contribution in [0.5, 0.6) is 0 Å². The molecule has 0 heterocycles. The monoisotopic (exact) mass is 279 g/mol. The van der Waals surface area contributed by atoms with Gasteiger partial charge in [-0.1, -0.05) is 6.42 Å². The third-order valence-electron chi connectivity index (χ3n) is 5.72. The van der Waals surface area contributed by atoms with Gasteiger partial charge < -0.3 is 16.0 Å². The maximum Gasteiger partial charge on any atom is 0.223 e. The summed E-state index contributed by atoms with van der Waals surface area (Å²) in [4.78, 5) is 14.7. The fourth-order valence-electron chi connectivity index (χ4n) is 4.20. The largest absolute Gasteiger partial charge is 0.355 e. The summed E-state index contributed by atoms with van der Waals surface area (Å²) in [6.45, 7) is 1.78. The van der Waals surface area contributed by atoms with Crippen LogP contribution in [0.15, 0.2) is 0 Å². The molecule has 2 atom stereocenters. The Kier molecular flexibility index (Phi) is 4.32. The molecule has 0 aromatic rings. The van der Waals surface area contributed by atoms with Gasteiger partial charge in [0.15, 0.2) is 0 Å². The number of hydrogen-bond donors (Lipinski definition) is 2. The lowest BCUT2D eigenvalue weighted by Gasteiger charge is -2.43. The first-order valence-corrected chi connectivity index (χ1v) is 8.38. The molecule has 20 heavy (non-hydrogen) atoms. The Balaban J connectivity index is 1.43. The van der Waals surface area contributed by atoms with E-state index in [0.717, 1.165) is 32.0 Å². The molecule has 0 aliphatic heterocycles. The minimum atomic E-state index is 0.219. The molecule has 1 amide bonds. The molecule has 0 aromatic carbocycles. The van der Waals surface area contributed by atoms with E-state index in [1.807, 2.05) is 0 Å². The fourth-order valence-corrected chi connectivity index (χ4v) is 4.20. The Bertz CT molecular complexity index is 342. The van der Waals surface area contributed by atoms with E-state index in [-0.39, 0.29) is 11.8 Å². The molecule has 3 aliphatic carbocycles. The van der Waals surface area contributed by atoms with Gasteiger partial charge in [0.1, 0.15) is 0 Å². The predicted molar refractivity (Wildman–Crippen MR) is 80.2 cm³/mol. The maximum atomic E-state index is 12.3. The Hall–Kier alpha value is -0.610. The van der Waals surface area contributed by atoms with Crippen molar-refractivity contribution in [3.8, 4) is 0 Å². The molecule has 0 aromatic heterocycles. The van der Waals surface area contributed by atoms with Crippen molar-refractivity contribution >= 4 is 5.91 Å². The lowest BCUT2D eigenvalue weighted by atomic mass is 9.65. The fraction of sp³-hybridized carbons (Fsp3) is 0.938. The quantitative estimate of drug-likeness (QED) is 0.799. The number of nitrogens with one attached hydrogen (secondary N) is 1. The molecule has 0 radical (unpaired) electrons. The molecule has 4 heteroatoms. The number of carbonyl (C=O) groups is 1. The van der Waals surface area contributed by atoms with Crippen molar-refractivity contribution in [2.24, 2.45) is 23.5 Å². The SMILES string of the molecule is CN(CCNC(=O)C1CC2CCCC(C1)C2N)C1CC1. The number of fused-ring (bicyclic) bond motifs is 2. The number of rotatable bonds is 5. The number of nitrogens with zero attached hydrogens (tertiary/aromatic N) is 1. The number of likely N-dealkylation sites (N-methyl/N-ethyl adjacent to an activating group) is 1. The third-order valence-corrected chi connectivity index (χ3v) is 5.72.